The van der Waals surface area contributed by atoms with Crippen molar-refractivity contribution in [1.82, 2.24) is 9.88 Å². The topological polar surface area (TPSA) is 65.5 Å². The maximum Gasteiger partial charge on any atom is 0.328 e. The molecule has 1 aliphatic heterocycles. The Kier molecular flexibility index (Phi) is 6.72. The lowest BCUT2D eigenvalue weighted by Crippen LogP contribution is -2.38. The predicted octanol–water partition coefficient (Wildman–Crippen LogP) is 4.56. The smallest absolute Gasteiger partial charge is 0.328 e. The Morgan fingerprint density at radius 2 is 2.07 bits per heavy atom. The Morgan fingerprint density at radius 1 is 1.30 bits per heavy atom. The van der Waals surface area contributed by atoms with E-state index in [1.807, 2.05) is 18.2 Å². The first kappa shape index (κ1) is 19.7. The average molecular weight is 406 g/mol. The van der Waals surface area contributed by atoms with Gasteiger partial charge in [0, 0.05) is 43.0 Å². The van der Waals surface area contributed by atoms with E-state index < -0.39 is 5.97 Å². The number of hydrogen-bond acceptors (Lipinski definition) is 4. The van der Waals surface area contributed by atoms with Crippen LogP contribution in [0.4, 0.5) is 5.82 Å². The third-order valence-corrected chi connectivity index (χ3v) is 5.03. The summed E-state index contributed by atoms with van der Waals surface area (Å²) >= 11 is 12.3. The van der Waals surface area contributed by atoms with Crippen LogP contribution in [0.2, 0.25) is 10.0 Å². The molecule has 0 amide bonds. The molecule has 0 atom stereocenters. The average Bonchev–Trinajstić information content (AvgIpc) is 2.63. The minimum atomic E-state index is -1.00. The second-order valence-electron chi connectivity index (χ2n) is 6.60. The number of nitrogens with one attached hydrogen (secondary N) is 1. The first-order valence-corrected chi connectivity index (χ1v) is 9.55. The molecular weight excluding hydrogens is 385 g/mol. The summed E-state index contributed by atoms with van der Waals surface area (Å²) < 4.78 is 0. The molecule has 1 saturated heterocycles. The molecule has 0 saturated carbocycles. The molecule has 1 aliphatic rings. The van der Waals surface area contributed by atoms with Crippen LogP contribution in [0.5, 0.6) is 0 Å². The predicted molar refractivity (Wildman–Crippen MR) is 109 cm³/mol. The lowest BCUT2D eigenvalue weighted by atomic mass is 10.0. The number of carboxylic acid groups (broad SMARTS) is 1. The molecule has 5 nitrogen and oxygen atoms in total. The van der Waals surface area contributed by atoms with Crippen molar-refractivity contribution in [2.24, 2.45) is 0 Å². The van der Waals surface area contributed by atoms with Gasteiger partial charge in [-0.1, -0.05) is 35.3 Å². The second-order valence-corrected chi connectivity index (χ2v) is 7.44. The SMILES string of the molecule is O=C(O)C=Cc1cnc(NC2CCN(Cc3cccc(Cl)c3)CC2)c(Cl)c1. The van der Waals surface area contributed by atoms with E-state index in [1.54, 1.807) is 12.3 Å². The van der Waals surface area contributed by atoms with Gasteiger partial charge in [-0.3, -0.25) is 4.90 Å². The van der Waals surface area contributed by atoms with E-state index in [0.717, 1.165) is 43.6 Å². The molecule has 27 heavy (non-hydrogen) atoms. The monoisotopic (exact) mass is 405 g/mol. The van der Waals surface area contributed by atoms with Crippen LogP contribution in [0, 0.1) is 0 Å². The van der Waals surface area contributed by atoms with Crippen molar-refractivity contribution in [3.05, 3.63) is 63.8 Å². The van der Waals surface area contributed by atoms with Crippen molar-refractivity contribution in [1.29, 1.82) is 0 Å². The van der Waals surface area contributed by atoms with Gasteiger partial charge >= 0.3 is 5.97 Å². The van der Waals surface area contributed by atoms with E-state index in [9.17, 15) is 4.79 Å². The fraction of sp³-hybridized carbons (Fsp3) is 0.300. The quantitative estimate of drug-likeness (QED) is 0.689. The molecule has 1 aromatic carbocycles. The molecule has 1 fully saturated rings. The highest BCUT2D eigenvalue weighted by Gasteiger charge is 2.20. The van der Waals surface area contributed by atoms with Crippen LogP contribution in [-0.2, 0) is 11.3 Å². The second kappa shape index (κ2) is 9.22. The number of rotatable bonds is 6. The van der Waals surface area contributed by atoms with Crippen molar-refractivity contribution in [3.63, 3.8) is 0 Å². The van der Waals surface area contributed by atoms with Gasteiger partial charge in [0.1, 0.15) is 5.82 Å². The van der Waals surface area contributed by atoms with Gasteiger partial charge in [-0.15, -0.1) is 0 Å². The van der Waals surface area contributed by atoms with Crippen LogP contribution in [-0.4, -0.2) is 40.1 Å². The number of carboxylic acids is 1. The summed E-state index contributed by atoms with van der Waals surface area (Å²) in [7, 11) is 0. The number of halogens is 2. The lowest BCUT2D eigenvalue weighted by molar-refractivity contribution is -0.131. The Morgan fingerprint density at radius 3 is 2.74 bits per heavy atom. The molecule has 2 aromatic rings. The molecule has 3 rings (SSSR count). The van der Waals surface area contributed by atoms with Gasteiger partial charge < -0.3 is 10.4 Å². The van der Waals surface area contributed by atoms with E-state index in [4.69, 9.17) is 28.3 Å². The Labute approximate surface area is 168 Å². The van der Waals surface area contributed by atoms with Crippen LogP contribution >= 0.6 is 23.2 Å². The van der Waals surface area contributed by atoms with Crippen LogP contribution in [0.15, 0.2) is 42.6 Å². The molecular formula is C20H21Cl2N3O2. The standard InChI is InChI=1S/C20H21Cl2N3O2/c21-16-3-1-2-15(10-16)13-25-8-6-17(7-9-25)24-20-18(22)11-14(12-23-20)4-5-19(26)27/h1-5,10-12,17H,6-9,13H2,(H,23,24)(H,26,27). The van der Waals surface area contributed by atoms with E-state index in [1.165, 1.54) is 11.6 Å². The van der Waals surface area contributed by atoms with Crippen molar-refractivity contribution in [2.45, 2.75) is 25.4 Å². The van der Waals surface area contributed by atoms with Crippen LogP contribution in [0.3, 0.4) is 0 Å². The zero-order valence-electron chi connectivity index (χ0n) is 14.7. The van der Waals surface area contributed by atoms with Crippen LogP contribution in [0.25, 0.3) is 6.08 Å². The van der Waals surface area contributed by atoms with E-state index in [-0.39, 0.29) is 0 Å². The van der Waals surface area contributed by atoms with Gasteiger partial charge in [-0.25, -0.2) is 9.78 Å². The van der Waals surface area contributed by atoms with Gasteiger partial charge in [0.25, 0.3) is 0 Å². The number of aliphatic carboxylic acids is 1. The maximum absolute atomic E-state index is 10.6. The minimum absolute atomic E-state index is 0.311. The van der Waals surface area contributed by atoms with Gasteiger partial charge in [-0.2, -0.15) is 0 Å². The number of likely N-dealkylation sites (tertiary alicyclic amines) is 1. The van der Waals surface area contributed by atoms with E-state index in [0.29, 0.717) is 22.4 Å². The zero-order valence-corrected chi connectivity index (χ0v) is 16.2. The molecule has 0 bridgehead atoms. The molecule has 1 aromatic heterocycles. The zero-order chi connectivity index (χ0) is 19.2. The van der Waals surface area contributed by atoms with Crippen molar-refractivity contribution in [2.75, 3.05) is 18.4 Å². The highest BCUT2D eigenvalue weighted by Crippen LogP contribution is 2.24. The normalized spacial score (nSPS) is 15.9. The van der Waals surface area contributed by atoms with Crippen molar-refractivity contribution < 1.29 is 9.90 Å². The van der Waals surface area contributed by atoms with Gasteiger partial charge in [0.05, 0.1) is 5.02 Å². The van der Waals surface area contributed by atoms with Crippen molar-refractivity contribution >= 4 is 41.1 Å². The third kappa shape index (κ3) is 5.96. The highest BCUT2D eigenvalue weighted by atomic mass is 35.5. The number of piperidine rings is 1. The number of anilines is 1. The number of pyridine rings is 1. The first-order valence-electron chi connectivity index (χ1n) is 8.79. The summed E-state index contributed by atoms with van der Waals surface area (Å²) in [5.74, 6) is -0.365. The summed E-state index contributed by atoms with van der Waals surface area (Å²) in [5.41, 5.74) is 1.88. The molecule has 2 N–H and O–H groups in total. The molecule has 142 valence electrons. The van der Waals surface area contributed by atoms with E-state index in [2.05, 4.69) is 21.3 Å². The third-order valence-electron chi connectivity index (χ3n) is 4.50. The largest absolute Gasteiger partial charge is 0.478 e. The molecule has 0 aliphatic carbocycles. The number of nitrogens with zero attached hydrogens (tertiary/aromatic N) is 2. The van der Waals surface area contributed by atoms with Gasteiger partial charge in [-0.05, 0) is 48.2 Å². The molecule has 0 spiro atoms. The fourth-order valence-corrected chi connectivity index (χ4v) is 3.58. The Hall–Kier alpha value is -2.08. The van der Waals surface area contributed by atoms with Gasteiger partial charge in [0.2, 0.25) is 0 Å². The Bertz CT molecular complexity index is 834. The van der Waals surface area contributed by atoms with Crippen molar-refractivity contribution in [3.8, 4) is 0 Å². The number of aromatic nitrogens is 1. The number of hydrogen-bond donors (Lipinski definition) is 2. The fourth-order valence-electron chi connectivity index (χ4n) is 3.14. The van der Waals surface area contributed by atoms with E-state index >= 15 is 0 Å². The minimum Gasteiger partial charge on any atom is -0.478 e. The summed E-state index contributed by atoms with van der Waals surface area (Å²) in [6.07, 6.45) is 6.15. The first-order chi connectivity index (χ1) is 13.0. The summed E-state index contributed by atoms with van der Waals surface area (Å²) in [5, 5.41) is 13.3. The van der Waals surface area contributed by atoms with Crippen LogP contribution < -0.4 is 5.32 Å². The summed E-state index contributed by atoms with van der Waals surface area (Å²) in [6, 6.07) is 10.0. The maximum atomic E-state index is 10.6. The molecule has 0 unspecified atom stereocenters. The molecule has 7 heteroatoms. The summed E-state index contributed by atoms with van der Waals surface area (Å²) in [6.45, 7) is 2.87. The lowest BCUT2D eigenvalue weighted by Gasteiger charge is -2.32. The molecule has 0 radical (unpaired) electrons. The number of benzene rings is 1. The Balaban J connectivity index is 1.52. The molecule has 2 heterocycles. The van der Waals surface area contributed by atoms with Crippen LogP contribution in [0.1, 0.15) is 24.0 Å². The highest BCUT2D eigenvalue weighted by molar-refractivity contribution is 6.33. The number of carbonyl (C=O) groups is 1. The summed E-state index contributed by atoms with van der Waals surface area (Å²) in [4.78, 5) is 17.3. The van der Waals surface area contributed by atoms with Gasteiger partial charge in [0.15, 0.2) is 0 Å².